The molecule has 156 valence electrons. The minimum atomic E-state index is -0.224. The van der Waals surface area contributed by atoms with Crippen LogP contribution in [0.1, 0.15) is 41.0 Å². The van der Waals surface area contributed by atoms with Gasteiger partial charge < -0.3 is 10.2 Å². The Labute approximate surface area is 182 Å². The predicted molar refractivity (Wildman–Crippen MR) is 125 cm³/mol. The first-order valence-electron chi connectivity index (χ1n) is 10.3. The van der Waals surface area contributed by atoms with E-state index in [4.69, 9.17) is 4.98 Å². The number of thiazole rings is 1. The zero-order valence-corrected chi connectivity index (χ0v) is 18.6. The van der Waals surface area contributed by atoms with Gasteiger partial charge in [-0.05, 0) is 36.8 Å². The lowest BCUT2D eigenvalue weighted by atomic mass is 9.82. The van der Waals surface area contributed by atoms with Crippen molar-refractivity contribution in [3.05, 3.63) is 76.3 Å². The number of aromatic nitrogens is 1. The zero-order chi connectivity index (χ0) is 21.1. The topological polar surface area (TPSA) is 57.3 Å². The Bertz CT molecular complexity index is 1000. The fourth-order valence-electron chi connectivity index (χ4n) is 3.65. The van der Waals surface area contributed by atoms with Crippen LogP contribution in [0.2, 0.25) is 0 Å². The third-order valence-electron chi connectivity index (χ3n) is 5.75. The number of nitrogens with one attached hydrogen (secondary N) is 2. The van der Waals surface area contributed by atoms with E-state index in [9.17, 15) is 4.79 Å². The van der Waals surface area contributed by atoms with Crippen molar-refractivity contribution in [1.29, 1.82) is 0 Å². The summed E-state index contributed by atoms with van der Waals surface area (Å²) in [5.74, 6) is -0.129. The van der Waals surface area contributed by atoms with E-state index in [1.165, 1.54) is 22.5 Å². The van der Waals surface area contributed by atoms with Gasteiger partial charge in [0.15, 0.2) is 5.13 Å². The van der Waals surface area contributed by atoms with Gasteiger partial charge in [0, 0.05) is 48.2 Å². The molecule has 30 heavy (non-hydrogen) atoms. The van der Waals surface area contributed by atoms with Crippen molar-refractivity contribution >= 4 is 28.1 Å². The molecule has 0 spiro atoms. The molecule has 2 aromatic carbocycles. The van der Waals surface area contributed by atoms with E-state index in [2.05, 4.69) is 60.6 Å². The first-order chi connectivity index (χ1) is 14.4. The highest BCUT2D eigenvalue weighted by atomic mass is 32.1. The van der Waals surface area contributed by atoms with Crippen LogP contribution in [0.15, 0.2) is 53.9 Å². The first-order valence-corrected chi connectivity index (χ1v) is 11.2. The number of anilines is 2. The monoisotopic (exact) mass is 420 g/mol. The molecule has 1 fully saturated rings. The molecule has 0 bridgehead atoms. The maximum Gasteiger partial charge on any atom is 0.257 e. The summed E-state index contributed by atoms with van der Waals surface area (Å²) >= 11 is 1.46. The van der Waals surface area contributed by atoms with Crippen LogP contribution in [-0.4, -0.2) is 37.1 Å². The lowest BCUT2D eigenvalue weighted by molar-refractivity contribution is 0.102. The normalized spacial score (nSPS) is 14.6. The van der Waals surface area contributed by atoms with Crippen molar-refractivity contribution in [3.63, 3.8) is 0 Å². The SMILES string of the molecule is Cc1ccc(C(C)(C)c2csc(NC(=O)c3ccc(N4CCNCC4)cc3)n2)cc1. The van der Waals surface area contributed by atoms with Gasteiger partial charge in [0.2, 0.25) is 0 Å². The standard InChI is InChI=1S/C24H28N4OS/c1-17-4-8-19(9-5-17)24(2,3)21-16-30-23(26-21)27-22(29)18-6-10-20(11-7-18)28-14-12-25-13-15-28/h4-11,16,25H,12-15H2,1-3H3,(H,26,27,29). The second kappa shape index (κ2) is 8.58. The molecule has 1 aliphatic rings. The lowest BCUT2D eigenvalue weighted by Crippen LogP contribution is -2.43. The van der Waals surface area contributed by atoms with Gasteiger partial charge in [-0.3, -0.25) is 10.1 Å². The molecule has 0 aliphatic carbocycles. The summed E-state index contributed by atoms with van der Waals surface area (Å²) in [7, 11) is 0. The minimum absolute atomic E-state index is 0.129. The second-order valence-corrected chi connectivity index (χ2v) is 9.13. The molecule has 0 radical (unpaired) electrons. The smallest absolute Gasteiger partial charge is 0.257 e. The highest BCUT2D eigenvalue weighted by Gasteiger charge is 2.26. The molecule has 6 heteroatoms. The summed E-state index contributed by atoms with van der Waals surface area (Å²) in [5, 5.41) is 8.97. The van der Waals surface area contributed by atoms with Crippen molar-refractivity contribution in [1.82, 2.24) is 10.3 Å². The Morgan fingerprint density at radius 3 is 2.40 bits per heavy atom. The number of carbonyl (C=O) groups is 1. The molecule has 2 N–H and O–H groups in total. The predicted octanol–water partition coefficient (Wildman–Crippen LogP) is 4.44. The summed E-state index contributed by atoms with van der Waals surface area (Å²) in [4.78, 5) is 19.7. The molecular weight excluding hydrogens is 392 g/mol. The molecular formula is C24H28N4OS. The van der Waals surface area contributed by atoms with Gasteiger partial charge in [0.1, 0.15) is 0 Å². The van der Waals surface area contributed by atoms with Gasteiger partial charge in [-0.1, -0.05) is 43.7 Å². The summed E-state index contributed by atoms with van der Waals surface area (Å²) in [6.07, 6.45) is 0. The number of nitrogens with zero attached hydrogens (tertiary/aromatic N) is 2. The van der Waals surface area contributed by atoms with E-state index < -0.39 is 0 Å². The average molecular weight is 421 g/mol. The number of aryl methyl sites for hydroxylation is 1. The molecule has 1 amide bonds. The van der Waals surface area contributed by atoms with Crippen LogP contribution in [0.25, 0.3) is 0 Å². The first kappa shape index (κ1) is 20.6. The van der Waals surface area contributed by atoms with Crippen molar-refractivity contribution in [2.45, 2.75) is 26.2 Å². The lowest BCUT2D eigenvalue weighted by Gasteiger charge is -2.29. The van der Waals surface area contributed by atoms with Crippen molar-refractivity contribution in [2.75, 3.05) is 36.4 Å². The number of hydrogen-bond acceptors (Lipinski definition) is 5. The molecule has 1 aromatic heterocycles. The number of benzene rings is 2. The van der Waals surface area contributed by atoms with Gasteiger partial charge in [-0.25, -0.2) is 4.98 Å². The molecule has 5 nitrogen and oxygen atoms in total. The Balaban J connectivity index is 1.44. The third-order valence-corrected chi connectivity index (χ3v) is 6.51. The van der Waals surface area contributed by atoms with Crippen LogP contribution in [0.3, 0.4) is 0 Å². The Hall–Kier alpha value is -2.70. The Morgan fingerprint density at radius 1 is 1.07 bits per heavy atom. The number of amides is 1. The van der Waals surface area contributed by atoms with Crippen LogP contribution < -0.4 is 15.5 Å². The minimum Gasteiger partial charge on any atom is -0.369 e. The molecule has 0 unspecified atom stereocenters. The molecule has 4 rings (SSSR count). The van der Waals surface area contributed by atoms with Crippen molar-refractivity contribution in [3.8, 4) is 0 Å². The van der Waals surface area contributed by atoms with Crippen LogP contribution in [-0.2, 0) is 5.41 Å². The maximum atomic E-state index is 12.7. The van der Waals surface area contributed by atoms with Crippen molar-refractivity contribution in [2.24, 2.45) is 0 Å². The number of hydrogen-bond donors (Lipinski definition) is 2. The van der Waals surface area contributed by atoms with E-state index in [0.29, 0.717) is 10.7 Å². The number of rotatable bonds is 5. The maximum absolute atomic E-state index is 12.7. The van der Waals surface area contributed by atoms with E-state index >= 15 is 0 Å². The Morgan fingerprint density at radius 2 is 1.73 bits per heavy atom. The summed E-state index contributed by atoms with van der Waals surface area (Å²) in [5.41, 5.74) is 4.98. The van der Waals surface area contributed by atoms with E-state index in [1.807, 2.05) is 29.6 Å². The highest BCUT2D eigenvalue weighted by molar-refractivity contribution is 7.14. The highest BCUT2D eigenvalue weighted by Crippen LogP contribution is 2.33. The average Bonchev–Trinajstić information content (AvgIpc) is 3.24. The van der Waals surface area contributed by atoms with Crippen LogP contribution in [0, 0.1) is 6.92 Å². The Kier molecular flexibility index (Phi) is 5.88. The molecule has 3 aromatic rings. The second-order valence-electron chi connectivity index (χ2n) is 8.27. The van der Waals surface area contributed by atoms with E-state index in [-0.39, 0.29) is 11.3 Å². The van der Waals surface area contributed by atoms with Crippen LogP contribution in [0.5, 0.6) is 0 Å². The molecule has 1 saturated heterocycles. The molecule has 1 aliphatic heterocycles. The number of carbonyl (C=O) groups excluding carboxylic acids is 1. The summed E-state index contributed by atoms with van der Waals surface area (Å²) in [6, 6.07) is 16.4. The molecule has 2 heterocycles. The largest absolute Gasteiger partial charge is 0.369 e. The quantitative estimate of drug-likeness (QED) is 0.641. The van der Waals surface area contributed by atoms with E-state index in [0.717, 1.165) is 37.6 Å². The molecule has 0 saturated carbocycles. The fourth-order valence-corrected chi connectivity index (χ4v) is 4.53. The fraction of sp³-hybridized carbons (Fsp3) is 0.333. The summed E-state index contributed by atoms with van der Waals surface area (Å²) in [6.45, 7) is 10.4. The van der Waals surface area contributed by atoms with Gasteiger partial charge in [-0.15, -0.1) is 11.3 Å². The van der Waals surface area contributed by atoms with Gasteiger partial charge in [0.25, 0.3) is 5.91 Å². The number of piperazine rings is 1. The van der Waals surface area contributed by atoms with Gasteiger partial charge in [-0.2, -0.15) is 0 Å². The third kappa shape index (κ3) is 4.40. The van der Waals surface area contributed by atoms with Crippen molar-refractivity contribution < 1.29 is 4.79 Å². The van der Waals surface area contributed by atoms with Crippen LogP contribution >= 0.6 is 11.3 Å². The summed E-state index contributed by atoms with van der Waals surface area (Å²) < 4.78 is 0. The van der Waals surface area contributed by atoms with Gasteiger partial charge >= 0.3 is 0 Å². The molecule has 0 atom stereocenters. The van der Waals surface area contributed by atoms with Crippen LogP contribution in [0.4, 0.5) is 10.8 Å². The van der Waals surface area contributed by atoms with E-state index in [1.54, 1.807) is 0 Å². The zero-order valence-electron chi connectivity index (χ0n) is 17.7. The van der Waals surface area contributed by atoms with Gasteiger partial charge in [0.05, 0.1) is 5.69 Å².